The van der Waals surface area contributed by atoms with Crippen molar-refractivity contribution in [3.63, 3.8) is 0 Å². The normalized spacial score (nSPS) is 24.2. The standard InChI is InChI=1S/C24H36N4O2/c1-25(2)23(29)28-16-14-27(15-17-28)21-6-7-22-19(18-21)8-9-24(30-22)10-12-26(13-11-24)20-4-3-5-20/h6-7,18,20H,3-5,8-17H2,1-2H3. The van der Waals surface area contributed by atoms with Crippen LogP contribution in [-0.4, -0.2) is 85.7 Å². The number of hydrogen-bond acceptors (Lipinski definition) is 4. The molecule has 1 aromatic carbocycles. The number of urea groups is 1. The quantitative estimate of drug-likeness (QED) is 0.748. The molecule has 0 unspecified atom stereocenters. The van der Waals surface area contributed by atoms with Crippen molar-refractivity contribution in [3.05, 3.63) is 23.8 Å². The summed E-state index contributed by atoms with van der Waals surface area (Å²) >= 11 is 0. The largest absolute Gasteiger partial charge is 0.487 e. The number of piperazine rings is 1. The van der Waals surface area contributed by atoms with E-state index < -0.39 is 0 Å². The van der Waals surface area contributed by atoms with Crippen molar-refractivity contribution in [2.75, 3.05) is 58.3 Å². The molecule has 6 nitrogen and oxygen atoms in total. The molecular weight excluding hydrogens is 376 g/mol. The minimum absolute atomic E-state index is 0.0624. The third kappa shape index (κ3) is 3.75. The lowest BCUT2D eigenvalue weighted by atomic mass is 9.81. The van der Waals surface area contributed by atoms with Crippen LogP contribution in [0.25, 0.3) is 0 Å². The Morgan fingerprint density at radius 2 is 1.77 bits per heavy atom. The number of anilines is 1. The van der Waals surface area contributed by atoms with Crippen LogP contribution in [0, 0.1) is 0 Å². The molecule has 164 valence electrons. The van der Waals surface area contributed by atoms with E-state index in [1.807, 2.05) is 19.0 Å². The van der Waals surface area contributed by atoms with Crippen LogP contribution in [0.5, 0.6) is 5.75 Å². The maximum atomic E-state index is 12.2. The lowest BCUT2D eigenvalue weighted by Crippen LogP contribution is -2.53. The minimum atomic E-state index is 0.0624. The third-order valence-corrected chi connectivity index (χ3v) is 7.82. The van der Waals surface area contributed by atoms with Gasteiger partial charge in [-0.05, 0) is 62.3 Å². The Hall–Kier alpha value is -1.95. The molecule has 1 aliphatic carbocycles. The zero-order chi connectivity index (χ0) is 20.7. The van der Waals surface area contributed by atoms with E-state index in [2.05, 4.69) is 28.0 Å². The highest BCUT2D eigenvalue weighted by Gasteiger charge is 2.41. The van der Waals surface area contributed by atoms with Gasteiger partial charge in [-0.1, -0.05) is 6.42 Å². The van der Waals surface area contributed by atoms with Crippen molar-refractivity contribution in [2.45, 2.75) is 56.6 Å². The van der Waals surface area contributed by atoms with E-state index in [0.29, 0.717) is 0 Å². The van der Waals surface area contributed by atoms with Gasteiger partial charge >= 0.3 is 6.03 Å². The molecule has 30 heavy (non-hydrogen) atoms. The first-order valence-corrected chi connectivity index (χ1v) is 11.8. The first-order chi connectivity index (χ1) is 14.5. The fraction of sp³-hybridized carbons (Fsp3) is 0.708. The van der Waals surface area contributed by atoms with Crippen LogP contribution >= 0.6 is 0 Å². The molecule has 3 heterocycles. The van der Waals surface area contributed by atoms with Gasteiger partial charge in [-0.25, -0.2) is 4.79 Å². The molecule has 2 amide bonds. The summed E-state index contributed by atoms with van der Waals surface area (Å²) in [5.74, 6) is 1.10. The van der Waals surface area contributed by atoms with E-state index >= 15 is 0 Å². The summed E-state index contributed by atoms with van der Waals surface area (Å²) in [6.07, 6.45) is 8.82. The van der Waals surface area contributed by atoms with Gasteiger partial charge in [-0.15, -0.1) is 0 Å². The SMILES string of the molecule is CN(C)C(=O)N1CCN(c2ccc3c(c2)CCC2(CCN(C4CCC4)CC2)O3)CC1. The number of carbonyl (C=O) groups is 1. The monoisotopic (exact) mass is 412 g/mol. The summed E-state index contributed by atoms with van der Waals surface area (Å²) in [6.45, 7) is 5.75. The second-order valence-corrected chi connectivity index (χ2v) is 9.85. The number of fused-ring (bicyclic) bond motifs is 1. The Morgan fingerprint density at radius 1 is 1.03 bits per heavy atom. The highest BCUT2D eigenvalue weighted by Crippen LogP contribution is 2.42. The number of nitrogens with zero attached hydrogens (tertiary/aromatic N) is 4. The molecule has 2 saturated heterocycles. The molecular formula is C24H36N4O2. The van der Waals surface area contributed by atoms with Gasteiger partial charge in [0.05, 0.1) is 0 Å². The van der Waals surface area contributed by atoms with E-state index in [-0.39, 0.29) is 11.6 Å². The maximum Gasteiger partial charge on any atom is 0.319 e. The van der Waals surface area contributed by atoms with Crippen LogP contribution in [0.3, 0.4) is 0 Å². The van der Waals surface area contributed by atoms with Crippen molar-refractivity contribution >= 4 is 11.7 Å². The van der Waals surface area contributed by atoms with Gasteiger partial charge in [-0.3, -0.25) is 0 Å². The van der Waals surface area contributed by atoms with Gasteiger partial charge in [0, 0.05) is 65.1 Å². The number of aryl methyl sites for hydroxylation is 1. The van der Waals surface area contributed by atoms with Gasteiger partial charge in [0.1, 0.15) is 11.4 Å². The van der Waals surface area contributed by atoms with Gasteiger partial charge < -0.3 is 24.3 Å². The number of ether oxygens (including phenoxy) is 1. The molecule has 0 bridgehead atoms. The van der Waals surface area contributed by atoms with Crippen LogP contribution < -0.4 is 9.64 Å². The first kappa shape index (κ1) is 20.0. The van der Waals surface area contributed by atoms with Crippen molar-refractivity contribution in [1.82, 2.24) is 14.7 Å². The van der Waals surface area contributed by atoms with Gasteiger partial charge in [0.25, 0.3) is 0 Å². The Kier molecular flexibility index (Phi) is 5.30. The van der Waals surface area contributed by atoms with E-state index in [1.165, 1.54) is 56.4 Å². The van der Waals surface area contributed by atoms with Gasteiger partial charge in [0.15, 0.2) is 0 Å². The predicted molar refractivity (Wildman–Crippen MR) is 119 cm³/mol. The molecule has 0 radical (unpaired) electrons. The van der Waals surface area contributed by atoms with Crippen LogP contribution in [0.2, 0.25) is 0 Å². The molecule has 4 aliphatic rings. The molecule has 1 saturated carbocycles. The summed E-state index contributed by atoms with van der Waals surface area (Å²) < 4.78 is 6.65. The number of rotatable bonds is 2. The van der Waals surface area contributed by atoms with Crippen molar-refractivity contribution in [2.24, 2.45) is 0 Å². The lowest BCUT2D eigenvalue weighted by Gasteiger charge is -2.48. The van der Waals surface area contributed by atoms with E-state index in [9.17, 15) is 4.79 Å². The fourth-order valence-electron chi connectivity index (χ4n) is 5.54. The first-order valence-electron chi connectivity index (χ1n) is 11.8. The van der Waals surface area contributed by atoms with E-state index in [1.54, 1.807) is 4.90 Å². The molecule has 3 aliphatic heterocycles. The number of carbonyl (C=O) groups excluding carboxylic acids is 1. The molecule has 3 fully saturated rings. The average molecular weight is 413 g/mol. The second kappa shape index (κ2) is 7.95. The summed E-state index contributed by atoms with van der Waals surface area (Å²) in [5, 5.41) is 0. The Bertz CT molecular complexity index is 775. The summed E-state index contributed by atoms with van der Waals surface area (Å²) in [4.78, 5) is 20.9. The van der Waals surface area contributed by atoms with Crippen LogP contribution in [0.15, 0.2) is 18.2 Å². The van der Waals surface area contributed by atoms with Gasteiger partial charge in [-0.2, -0.15) is 0 Å². The molecule has 6 heteroatoms. The van der Waals surface area contributed by atoms with Crippen molar-refractivity contribution < 1.29 is 9.53 Å². The van der Waals surface area contributed by atoms with Crippen molar-refractivity contribution in [1.29, 1.82) is 0 Å². The van der Waals surface area contributed by atoms with Crippen LogP contribution in [0.1, 0.15) is 44.1 Å². The maximum absolute atomic E-state index is 12.2. The zero-order valence-corrected chi connectivity index (χ0v) is 18.6. The fourth-order valence-corrected chi connectivity index (χ4v) is 5.54. The molecule has 0 N–H and O–H groups in total. The minimum Gasteiger partial charge on any atom is -0.487 e. The zero-order valence-electron chi connectivity index (χ0n) is 18.6. The average Bonchev–Trinajstić information content (AvgIpc) is 2.73. The molecule has 1 spiro atoms. The number of amides is 2. The summed E-state index contributed by atoms with van der Waals surface area (Å²) in [7, 11) is 3.64. The molecule has 0 atom stereocenters. The summed E-state index contributed by atoms with van der Waals surface area (Å²) in [5.41, 5.74) is 2.68. The van der Waals surface area contributed by atoms with Crippen LogP contribution in [-0.2, 0) is 6.42 Å². The van der Waals surface area contributed by atoms with Crippen LogP contribution in [0.4, 0.5) is 10.5 Å². The number of piperidine rings is 1. The highest BCUT2D eigenvalue weighted by molar-refractivity contribution is 5.74. The lowest BCUT2D eigenvalue weighted by molar-refractivity contribution is -0.0336. The second-order valence-electron chi connectivity index (χ2n) is 9.85. The molecule has 5 rings (SSSR count). The van der Waals surface area contributed by atoms with Crippen molar-refractivity contribution in [3.8, 4) is 5.75 Å². The summed E-state index contributed by atoms with van der Waals surface area (Å²) in [6, 6.07) is 7.71. The Labute approximate surface area is 180 Å². The predicted octanol–water partition coefficient (Wildman–Crippen LogP) is 3.20. The van der Waals surface area contributed by atoms with Gasteiger partial charge in [0.2, 0.25) is 0 Å². The van der Waals surface area contributed by atoms with E-state index in [0.717, 1.165) is 50.8 Å². The smallest absolute Gasteiger partial charge is 0.319 e. The number of hydrogen-bond donors (Lipinski definition) is 0. The molecule has 1 aromatic rings. The topological polar surface area (TPSA) is 39.3 Å². The van der Waals surface area contributed by atoms with E-state index in [4.69, 9.17) is 4.74 Å². The highest BCUT2D eigenvalue weighted by atomic mass is 16.5. The number of benzene rings is 1. The number of likely N-dealkylation sites (tertiary alicyclic amines) is 1. The molecule has 0 aromatic heterocycles. The Morgan fingerprint density at radius 3 is 2.40 bits per heavy atom. The third-order valence-electron chi connectivity index (χ3n) is 7.82. The Balaban J connectivity index is 1.20.